The molecule has 1 fully saturated rings. The Balaban J connectivity index is 2.27. The highest BCUT2D eigenvalue weighted by Gasteiger charge is 2.23. The minimum absolute atomic E-state index is 0.0354. The molecule has 3 N–H and O–H groups in total. The number of likely N-dealkylation sites (tertiary alicyclic amines) is 1. The van der Waals surface area contributed by atoms with Gasteiger partial charge < -0.3 is 16.0 Å². The van der Waals surface area contributed by atoms with Gasteiger partial charge in [-0.1, -0.05) is 0 Å². The second-order valence-corrected chi connectivity index (χ2v) is 3.97. The standard InChI is InChI=1S/C10H19N3O2/c1-13-7-8(4-5-10(13)15)12-9(14)3-2-6-11/h8H,2-7,11H2,1H3,(H,12,14). The molecule has 0 radical (unpaired) electrons. The van der Waals surface area contributed by atoms with Crippen molar-refractivity contribution in [2.24, 2.45) is 5.73 Å². The van der Waals surface area contributed by atoms with Gasteiger partial charge in [0.2, 0.25) is 11.8 Å². The molecule has 0 saturated carbocycles. The molecular weight excluding hydrogens is 194 g/mol. The lowest BCUT2D eigenvalue weighted by atomic mass is 10.1. The van der Waals surface area contributed by atoms with Gasteiger partial charge in [-0.25, -0.2) is 0 Å². The summed E-state index contributed by atoms with van der Waals surface area (Å²) in [5, 5.41) is 2.92. The molecule has 1 saturated heterocycles. The first-order valence-electron chi connectivity index (χ1n) is 5.37. The van der Waals surface area contributed by atoms with E-state index in [1.165, 1.54) is 0 Å². The highest BCUT2D eigenvalue weighted by atomic mass is 16.2. The van der Waals surface area contributed by atoms with Crippen molar-refractivity contribution in [2.45, 2.75) is 31.7 Å². The molecule has 2 amide bonds. The monoisotopic (exact) mass is 213 g/mol. The fourth-order valence-corrected chi connectivity index (χ4v) is 1.69. The van der Waals surface area contributed by atoms with Crippen LogP contribution < -0.4 is 11.1 Å². The lowest BCUT2D eigenvalue weighted by molar-refractivity contribution is -0.134. The quantitative estimate of drug-likeness (QED) is 0.658. The number of carbonyl (C=O) groups excluding carboxylic acids is 2. The van der Waals surface area contributed by atoms with Gasteiger partial charge in [-0.15, -0.1) is 0 Å². The lowest BCUT2D eigenvalue weighted by Gasteiger charge is -2.30. The van der Waals surface area contributed by atoms with Crippen LogP contribution in [0, 0.1) is 0 Å². The normalized spacial score (nSPS) is 21.6. The Hall–Kier alpha value is -1.10. The predicted molar refractivity (Wildman–Crippen MR) is 57.1 cm³/mol. The van der Waals surface area contributed by atoms with Gasteiger partial charge in [0.05, 0.1) is 0 Å². The van der Waals surface area contributed by atoms with Crippen LogP contribution in [0.3, 0.4) is 0 Å². The highest BCUT2D eigenvalue weighted by molar-refractivity contribution is 5.78. The molecule has 5 heteroatoms. The molecule has 1 aliphatic rings. The van der Waals surface area contributed by atoms with Gasteiger partial charge in [0.25, 0.3) is 0 Å². The van der Waals surface area contributed by atoms with Crippen molar-refractivity contribution in [2.75, 3.05) is 20.1 Å². The number of amides is 2. The van der Waals surface area contributed by atoms with E-state index in [9.17, 15) is 9.59 Å². The van der Waals surface area contributed by atoms with E-state index in [0.29, 0.717) is 32.4 Å². The number of piperidine rings is 1. The van der Waals surface area contributed by atoms with Gasteiger partial charge in [0.15, 0.2) is 0 Å². The average Bonchev–Trinajstić information content (AvgIpc) is 2.20. The first-order chi connectivity index (χ1) is 7.13. The summed E-state index contributed by atoms with van der Waals surface area (Å²) in [5.74, 6) is 0.190. The van der Waals surface area contributed by atoms with E-state index in [4.69, 9.17) is 5.73 Å². The van der Waals surface area contributed by atoms with Gasteiger partial charge in [-0.3, -0.25) is 9.59 Å². The van der Waals surface area contributed by atoms with Crippen LogP contribution >= 0.6 is 0 Å². The van der Waals surface area contributed by atoms with Crippen LogP contribution in [0.5, 0.6) is 0 Å². The van der Waals surface area contributed by atoms with Crippen LogP contribution in [0.15, 0.2) is 0 Å². The zero-order valence-corrected chi connectivity index (χ0v) is 9.16. The van der Waals surface area contributed by atoms with Gasteiger partial charge >= 0.3 is 0 Å². The van der Waals surface area contributed by atoms with E-state index in [1.807, 2.05) is 0 Å². The third-order valence-electron chi connectivity index (χ3n) is 2.60. The number of likely N-dealkylation sites (N-methyl/N-ethyl adjacent to an activating group) is 1. The Morgan fingerprint density at radius 2 is 2.40 bits per heavy atom. The number of hydrogen-bond donors (Lipinski definition) is 2. The zero-order chi connectivity index (χ0) is 11.3. The number of carbonyl (C=O) groups is 2. The number of nitrogens with zero attached hydrogens (tertiary/aromatic N) is 1. The van der Waals surface area contributed by atoms with Crippen LogP contribution in [0.2, 0.25) is 0 Å². The van der Waals surface area contributed by atoms with Crippen molar-refractivity contribution in [3.8, 4) is 0 Å². The molecule has 0 spiro atoms. The van der Waals surface area contributed by atoms with Gasteiger partial charge in [0, 0.05) is 32.5 Å². The van der Waals surface area contributed by atoms with E-state index < -0.39 is 0 Å². The summed E-state index contributed by atoms with van der Waals surface area (Å²) in [7, 11) is 1.76. The Morgan fingerprint density at radius 1 is 1.67 bits per heavy atom. The number of rotatable bonds is 4. The molecule has 1 aliphatic heterocycles. The van der Waals surface area contributed by atoms with Gasteiger partial charge in [-0.05, 0) is 19.4 Å². The Labute approximate surface area is 90.0 Å². The summed E-state index contributed by atoms with van der Waals surface area (Å²) < 4.78 is 0. The maximum Gasteiger partial charge on any atom is 0.222 e. The minimum atomic E-state index is 0.0354. The van der Waals surface area contributed by atoms with E-state index in [0.717, 1.165) is 6.42 Å². The van der Waals surface area contributed by atoms with Crippen LogP contribution in [-0.4, -0.2) is 42.9 Å². The fourth-order valence-electron chi connectivity index (χ4n) is 1.69. The van der Waals surface area contributed by atoms with E-state index in [2.05, 4.69) is 5.32 Å². The molecule has 0 aliphatic carbocycles. The molecule has 0 aromatic heterocycles. The Kier molecular flexibility index (Phi) is 4.55. The summed E-state index contributed by atoms with van der Waals surface area (Å²) in [5.41, 5.74) is 5.32. The number of hydrogen-bond acceptors (Lipinski definition) is 3. The Bertz CT molecular complexity index is 243. The summed E-state index contributed by atoms with van der Waals surface area (Å²) in [6.45, 7) is 1.16. The molecule has 15 heavy (non-hydrogen) atoms. The molecule has 1 atom stereocenters. The third-order valence-corrected chi connectivity index (χ3v) is 2.60. The second kappa shape index (κ2) is 5.70. The Morgan fingerprint density at radius 3 is 3.00 bits per heavy atom. The molecule has 86 valence electrons. The van der Waals surface area contributed by atoms with Crippen molar-refractivity contribution in [3.63, 3.8) is 0 Å². The fraction of sp³-hybridized carbons (Fsp3) is 0.800. The maximum atomic E-state index is 11.4. The lowest BCUT2D eigenvalue weighted by Crippen LogP contribution is -2.48. The third kappa shape index (κ3) is 3.87. The van der Waals surface area contributed by atoms with Crippen LogP contribution in [0.25, 0.3) is 0 Å². The molecule has 5 nitrogen and oxygen atoms in total. The second-order valence-electron chi connectivity index (χ2n) is 3.97. The first kappa shape index (κ1) is 12.0. The summed E-state index contributed by atoms with van der Waals surface area (Å²) in [4.78, 5) is 24.2. The van der Waals surface area contributed by atoms with Crippen molar-refractivity contribution < 1.29 is 9.59 Å². The summed E-state index contributed by atoms with van der Waals surface area (Å²) >= 11 is 0. The van der Waals surface area contributed by atoms with Crippen molar-refractivity contribution in [3.05, 3.63) is 0 Å². The van der Waals surface area contributed by atoms with Crippen molar-refractivity contribution in [1.82, 2.24) is 10.2 Å². The topological polar surface area (TPSA) is 75.4 Å². The van der Waals surface area contributed by atoms with Crippen molar-refractivity contribution >= 4 is 11.8 Å². The number of nitrogens with one attached hydrogen (secondary N) is 1. The van der Waals surface area contributed by atoms with Crippen LogP contribution in [0.1, 0.15) is 25.7 Å². The zero-order valence-electron chi connectivity index (χ0n) is 9.16. The molecule has 1 heterocycles. The predicted octanol–water partition coefficient (Wildman–Crippen LogP) is -0.538. The van der Waals surface area contributed by atoms with Gasteiger partial charge in [-0.2, -0.15) is 0 Å². The molecule has 0 aromatic rings. The highest BCUT2D eigenvalue weighted by Crippen LogP contribution is 2.09. The first-order valence-corrected chi connectivity index (χ1v) is 5.37. The summed E-state index contributed by atoms with van der Waals surface area (Å²) in [6, 6.07) is 0.109. The van der Waals surface area contributed by atoms with Gasteiger partial charge in [0.1, 0.15) is 0 Å². The van der Waals surface area contributed by atoms with E-state index in [1.54, 1.807) is 11.9 Å². The molecule has 0 bridgehead atoms. The maximum absolute atomic E-state index is 11.4. The minimum Gasteiger partial charge on any atom is -0.352 e. The SMILES string of the molecule is CN1CC(NC(=O)CCCN)CCC1=O. The largest absolute Gasteiger partial charge is 0.352 e. The average molecular weight is 213 g/mol. The number of nitrogens with two attached hydrogens (primary N) is 1. The molecule has 1 unspecified atom stereocenters. The van der Waals surface area contributed by atoms with Crippen molar-refractivity contribution in [1.29, 1.82) is 0 Å². The van der Waals surface area contributed by atoms with E-state index in [-0.39, 0.29) is 17.9 Å². The molecular formula is C10H19N3O2. The van der Waals surface area contributed by atoms with Crippen LogP contribution in [-0.2, 0) is 9.59 Å². The summed E-state index contributed by atoms with van der Waals surface area (Å²) in [6.07, 6.45) is 2.47. The van der Waals surface area contributed by atoms with Crippen LogP contribution in [0.4, 0.5) is 0 Å². The smallest absolute Gasteiger partial charge is 0.222 e. The molecule has 0 aromatic carbocycles. The van der Waals surface area contributed by atoms with E-state index >= 15 is 0 Å². The molecule has 1 rings (SSSR count).